The molecule has 5 aromatic rings. The lowest BCUT2D eigenvalue weighted by Crippen LogP contribution is -2.04. The van der Waals surface area contributed by atoms with Crippen molar-refractivity contribution in [3.63, 3.8) is 0 Å². The second kappa shape index (κ2) is 7.89. The van der Waals surface area contributed by atoms with Crippen LogP contribution in [0.15, 0.2) is 97.1 Å². The minimum Gasteiger partial charge on any atom is -0.356 e. The van der Waals surface area contributed by atoms with E-state index < -0.39 is 11.7 Å². The van der Waals surface area contributed by atoms with Crippen molar-refractivity contribution in [3.05, 3.63) is 103 Å². The highest BCUT2D eigenvalue weighted by atomic mass is 19.4. The van der Waals surface area contributed by atoms with Gasteiger partial charge in [0.2, 0.25) is 0 Å². The van der Waals surface area contributed by atoms with Gasteiger partial charge in [-0.1, -0.05) is 48.5 Å². The summed E-state index contributed by atoms with van der Waals surface area (Å²) in [4.78, 5) is 7.96. The maximum Gasteiger partial charge on any atom is 0.416 e. The molecule has 6 heteroatoms. The molecule has 0 saturated carbocycles. The van der Waals surface area contributed by atoms with Gasteiger partial charge in [0, 0.05) is 16.9 Å². The number of rotatable bonds is 4. The summed E-state index contributed by atoms with van der Waals surface area (Å²) in [7, 11) is 0. The van der Waals surface area contributed by atoms with Crippen molar-refractivity contribution < 1.29 is 13.2 Å². The van der Waals surface area contributed by atoms with Gasteiger partial charge in [-0.2, -0.15) is 13.2 Å². The Kier molecular flexibility index (Phi) is 4.90. The highest BCUT2D eigenvalue weighted by Gasteiger charge is 2.30. The van der Waals surface area contributed by atoms with Gasteiger partial charge >= 0.3 is 6.18 Å². The monoisotopic (exact) mass is 429 g/mol. The lowest BCUT2D eigenvalue weighted by molar-refractivity contribution is -0.137. The third-order valence-corrected chi connectivity index (χ3v) is 5.22. The number of aromatic nitrogens is 2. The molecule has 0 amide bonds. The molecule has 0 radical (unpaired) electrons. The number of aromatic amines is 1. The zero-order chi connectivity index (χ0) is 22.1. The number of hydrogen-bond acceptors (Lipinski definition) is 2. The van der Waals surface area contributed by atoms with E-state index in [-0.39, 0.29) is 0 Å². The molecule has 0 saturated heterocycles. The molecule has 0 fully saturated rings. The summed E-state index contributed by atoms with van der Waals surface area (Å²) in [6.07, 6.45) is -4.36. The van der Waals surface area contributed by atoms with Crippen molar-refractivity contribution in [2.24, 2.45) is 0 Å². The highest BCUT2D eigenvalue weighted by molar-refractivity contribution is 5.80. The number of nitrogens with one attached hydrogen (secondary N) is 2. The maximum atomic E-state index is 13.0. The first kappa shape index (κ1) is 19.9. The SMILES string of the molecule is FC(F)(F)c1cccc(-c2ccc(Nc3cccc(-c4nc5ccccc5[nH]4)c3)cc2)c1. The van der Waals surface area contributed by atoms with E-state index in [1.165, 1.54) is 12.1 Å². The lowest BCUT2D eigenvalue weighted by atomic mass is 10.0. The first-order valence-electron chi connectivity index (χ1n) is 10.1. The minimum atomic E-state index is -4.36. The summed E-state index contributed by atoms with van der Waals surface area (Å²) in [5.41, 5.74) is 5.15. The summed E-state index contributed by atoms with van der Waals surface area (Å²) >= 11 is 0. The lowest BCUT2D eigenvalue weighted by Gasteiger charge is -2.11. The van der Waals surface area contributed by atoms with Crippen molar-refractivity contribution >= 4 is 22.4 Å². The third kappa shape index (κ3) is 4.07. The van der Waals surface area contributed by atoms with Crippen LogP contribution in [0, 0.1) is 0 Å². The average Bonchev–Trinajstić information content (AvgIpc) is 3.24. The van der Waals surface area contributed by atoms with E-state index in [9.17, 15) is 13.2 Å². The van der Waals surface area contributed by atoms with Crippen LogP contribution in [0.1, 0.15) is 5.56 Å². The summed E-state index contributed by atoms with van der Waals surface area (Å²) in [6, 6.07) is 28.4. The molecule has 2 N–H and O–H groups in total. The average molecular weight is 429 g/mol. The Balaban J connectivity index is 1.37. The molecule has 0 aliphatic carbocycles. The van der Waals surface area contributed by atoms with Gasteiger partial charge in [0.1, 0.15) is 5.82 Å². The van der Waals surface area contributed by atoms with Gasteiger partial charge in [0.15, 0.2) is 0 Å². The number of alkyl halides is 3. The van der Waals surface area contributed by atoms with Crippen LogP contribution in [0.5, 0.6) is 0 Å². The number of imidazole rings is 1. The van der Waals surface area contributed by atoms with Crippen molar-refractivity contribution in [1.82, 2.24) is 9.97 Å². The Labute approximate surface area is 182 Å². The molecule has 4 aromatic carbocycles. The molecule has 0 atom stereocenters. The Morgan fingerprint density at radius 3 is 2.19 bits per heavy atom. The molecule has 5 rings (SSSR count). The molecular formula is C26H18F3N3. The fraction of sp³-hybridized carbons (Fsp3) is 0.0385. The molecule has 0 bridgehead atoms. The largest absolute Gasteiger partial charge is 0.416 e. The van der Waals surface area contributed by atoms with E-state index >= 15 is 0 Å². The summed E-state index contributed by atoms with van der Waals surface area (Å²) < 4.78 is 39.0. The second-order valence-electron chi connectivity index (χ2n) is 7.46. The number of halogens is 3. The van der Waals surface area contributed by atoms with Crippen LogP contribution < -0.4 is 5.32 Å². The van der Waals surface area contributed by atoms with Crippen LogP contribution in [0.25, 0.3) is 33.5 Å². The minimum absolute atomic E-state index is 0.526. The van der Waals surface area contributed by atoms with Gasteiger partial charge < -0.3 is 10.3 Å². The van der Waals surface area contributed by atoms with Crippen LogP contribution in [-0.2, 0) is 6.18 Å². The number of para-hydroxylation sites is 2. The fourth-order valence-electron chi connectivity index (χ4n) is 3.62. The van der Waals surface area contributed by atoms with E-state index in [2.05, 4.69) is 15.3 Å². The molecule has 32 heavy (non-hydrogen) atoms. The van der Waals surface area contributed by atoms with E-state index in [4.69, 9.17) is 0 Å². The third-order valence-electron chi connectivity index (χ3n) is 5.22. The number of H-pyrrole nitrogens is 1. The molecule has 0 aliphatic rings. The van der Waals surface area contributed by atoms with Gasteiger partial charge in [-0.15, -0.1) is 0 Å². The molecular weight excluding hydrogens is 411 g/mol. The molecule has 0 unspecified atom stereocenters. The molecule has 158 valence electrons. The zero-order valence-electron chi connectivity index (χ0n) is 16.8. The van der Waals surface area contributed by atoms with Gasteiger partial charge in [-0.3, -0.25) is 0 Å². The second-order valence-corrected chi connectivity index (χ2v) is 7.46. The molecule has 1 heterocycles. The molecule has 3 nitrogen and oxygen atoms in total. The Morgan fingerprint density at radius 2 is 1.41 bits per heavy atom. The van der Waals surface area contributed by atoms with Crippen LogP contribution in [0.3, 0.4) is 0 Å². The first-order chi connectivity index (χ1) is 15.5. The Hall–Kier alpha value is -4.06. The predicted octanol–water partition coefficient (Wildman–Crippen LogP) is 7.66. The molecule has 1 aromatic heterocycles. The van der Waals surface area contributed by atoms with Gasteiger partial charge in [0.05, 0.1) is 16.6 Å². The van der Waals surface area contributed by atoms with Gasteiger partial charge in [-0.05, 0) is 59.7 Å². The van der Waals surface area contributed by atoms with Crippen molar-refractivity contribution in [3.8, 4) is 22.5 Å². The number of benzene rings is 4. The number of fused-ring (bicyclic) bond motifs is 1. The van der Waals surface area contributed by atoms with Crippen LogP contribution in [0.2, 0.25) is 0 Å². The van der Waals surface area contributed by atoms with Crippen molar-refractivity contribution in [2.75, 3.05) is 5.32 Å². The van der Waals surface area contributed by atoms with Crippen molar-refractivity contribution in [1.29, 1.82) is 0 Å². The normalized spacial score (nSPS) is 11.6. The summed E-state index contributed by atoms with van der Waals surface area (Å²) in [5.74, 6) is 0.787. The predicted molar refractivity (Wildman–Crippen MR) is 122 cm³/mol. The van der Waals surface area contributed by atoms with Crippen LogP contribution >= 0.6 is 0 Å². The smallest absolute Gasteiger partial charge is 0.356 e. The van der Waals surface area contributed by atoms with Gasteiger partial charge in [0.25, 0.3) is 0 Å². The van der Waals surface area contributed by atoms with E-state index in [1.54, 1.807) is 18.2 Å². The quantitative estimate of drug-likeness (QED) is 0.308. The van der Waals surface area contributed by atoms with Crippen molar-refractivity contribution in [2.45, 2.75) is 6.18 Å². The zero-order valence-corrected chi connectivity index (χ0v) is 16.8. The number of hydrogen-bond donors (Lipinski definition) is 2. The molecule has 0 aliphatic heterocycles. The molecule has 0 spiro atoms. The van der Waals surface area contributed by atoms with Crippen LogP contribution in [-0.4, -0.2) is 9.97 Å². The Bertz CT molecular complexity index is 1350. The summed E-state index contributed by atoms with van der Waals surface area (Å²) in [6.45, 7) is 0. The highest BCUT2D eigenvalue weighted by Crippen LogP contribution is 2.33. The van der Waals surface area contributed by atoms with E-state index in [1.807, 2.05) is 60.7 Å². The summed E-state index contributed by atoms with van der Waals surface area (Å²) in [5, 5.41) is 3.34. The van der Waals surface area contributed by atoms with Gasteiger partial charge in [-0.25, -0.2) is 4.98 Å². The van der Waals surface area contributed by atoms with E-state index in [0.717, 1.165) is 45.4 Å². The fourth-order valence-corrected chi connectivity index (χ4v) is 3.62. The van der Waals surface area contributed by atoms with Crippen LogP contribution in [0.4, 0.5) is 24.5 Å². The number of anilines is 2. The topological polar surface area (TPSA) is 40.7 Å². The number of nitrogens with zero attached hydrogens (tertiary/aromatic N) is 1. The first-order valence-corrected chi connectivity index (χ1v) is 10.1. The standard InChI is InChI=1S/C26H18F3N3/c27-26(28,29)20-7-3-5-18(15-20)17-11-13-21(14-12-17)30-22-8-4-6-19(16-22)25-31-23-9-1-2-10-24(23)32-25/h1-16,30H,(H,31,32). The van der Waals surface area contributed by atoms with E-state index in [0.29, 0.717) is 5.56 Å². The Morgan fingerprint density at radius 1 is 0.656 bits per heavy atom. The maximum absolute atomic E-state index is 13.0.